The molecule has 1 rings (SSSR count). The first kappa shape index (κ1) is 13.2. The Labute approximate surface area is 100 Å². The minimum Gasteiger partial charge on any atom is -0.466 e. The van der Waals surface area contributed by atoms with E-state index in [0.717, 1.165) is 5.69 Å². The number of ether oxygens (including phenoxy) is 1. The van der Waals surface area contributed by atoms with Gasteiger partial charge in [-0.15, -0.1) is 0 Å². The van der Waals surface area contributed by atoms with Crippen LogP contribution in [0, 0.1) is 0 Å². The van der Waals surface area contributed by atoms with Gasteiger partial charge in [0.2, 0.25) is 5.91 Å². The first-order chi connectivity index (χ1) is 8.13. The van der Waals surface area contributed by atoms with Crippen LogP contribution in [0.4, 0.5) is 0 Å². The Hall–Kier alpha value is -1.91. The Balaban J connectivity index is 2.44. The van der Waals surface area contributed by atoms with E-state index in [1.807, 2.05) is 19.1 Å². The summed E-state index contributed by atoms with van der Waals surface area (Å²) in [4.78, 5) is 26.7. The quantitative estimate of drug-likeness (QED) is 0.616. The molecule has 0 fully saturated rings. The van der Waals surface area contributed by atoms with Crippen molar-refractivity contribution in [3.05, 3.63) is 30.1 Å². The highest BCUT2D eigenvalue weighted by molar-refractivity contribution is 5.94. The van der Waals surface area contributed by atoms with Crippen LogP contribution in [0.1, 0.15) is 32.0 Å². The number of nitrogens with one attached hydrogen (secondary N) is 1. The zero-order valence-corrected chi connectivity index (χ0v) is 9.97. The molecule has 0 aliphatic rings. The molecule has 0 aromatic carbocycles. The van der Waals surface area contributed by atoms with Crippen LogP contribution in [-0.2, 0) is 14.3 Å². The summed E-state index contributed by atoms with van der Waals surface area (Å²) in [5.74, 6) is -0.875. The molecule has 1 aromatic heterocycles. The van der Waals surface area contributed by atoms with Crippen molar-refractivity contribution in [2.24, 2.45) is 0 Å². The lowest BCUT2D eigenvalue weighted by Gasteiger charge is -2.12. The topological polar surface area (TPSA) is 68.3 Å². The van der Waals surface area contributed by atoms with E-state index in [1.165, 1.54) is 0 Å². The first-order valence-corrected chi connectivity index (χ1v) is 5.49. The Bertz CT molecular complexity index is 379. The fourth-order valence-electron chi connectivity index (χ4n) is 1.34. The maximum Gasteiger partial charge on any atom is 0.315 e. The fourth-order valence-corrected chi connectivity index (χ4v) is 1.34. The molecule has 1 heterocycles. The molecule has 0 aliphatic carbocycles. The van der Waals surface area contributed by atoms with Crippen molar-refractivity contribution in [2.45, 2.75) is 26.3 Å². The zero-order chi connectivity index (χ0) is 12.7. The first-order valence-electron chi connectivity index (χ1n) is 5.49. The fraction of sp³-hybridized carbons (Fsp3) is 0.417. The van der Waals surface area contributed by atoms with Gasteiger partial charge in [-0.3, -0.25) is 14.6 Å². The number of hydrogen-bond acceptors (Lipinski definition) is 4. The number of rotatable bonds is 5. The molecule has 17 heavy (non-hydrogen) atoms. The van der Waals surface area contributed by atoms with Crippen LogP contribution in [0.5, 0.6) is 0 Å². The SMILES string of the molecule is CCOC(=O)CC(=O)NC(C)c1ccccn1. The van der Waals surface area contributed by atoms with Gasteiger partial charge in [-0.05, 0) is 26.0 Å². The lowest BCUT2D eigenvalue weighted by molar-refractivity contribution is -0.146. The third-order valence-corrected chi connectivity index (χ3v) is 2.12. The molecule has 0 aliphatic heterocycles. The number of pyridine rings is 1. The highest BCUT2D eigenvalue weighted by atomic mass is 16.5. The Morgan fingerprint density at radius 2 is 2.24 bits per heavy atom. The van der Waals surface area contributed by atoms with E-state index in [0.29, 0.717) is 0 Å². The van der Waals surface area contributed by atoms with Gasteiger partial charge in [0.15, 0.2) is 0 Å². The molecule has 5 nitrogen and oxygen atoms in total. The molecule has 1 amide bonds. The van der Waals surface area contributed by atoms with E-state index in [-0.39, 0.29) is 25.0 Å². The highest BCUT2D eigenvalue weighted by Gasteiger charge is 2.14. The summed E-state index contributed by atoms with van der Waals surface area (Å²) < 4.78 is 4.68. The Kier molecular flexibility index (Phi) is 5.13. The normalized spacial score (nSPS) is 11.6. The molecule has 0 spiro atoms. The summed E-state index contributed by atoms with van der Waals surface area (Å²) in [6, 6.07) is 5.24. The summed E-state index contributed by atoms with van der Waals surface area (Å²) in [6.45, 7) is 3.79. The zero-order valence-electron chi connectivity index (χ0n) is 9.97. The van der Waals surface area contributed by atoms with Crippen LogP contribution in [-0.4, -0.2) is 23.5 Å². The maximum atomic E-state index is 11.5. The molecule has 1 aromatic rings. The molecule has 0 saturated carbocycles. The number of carbonyl (C=O) groups excluding carboxylic acids is 2. The summed E-state index contributed by atoms with van der Waals surface area (Å²) in [5, 5.41) is 2.68. The predicted octanol–water partition coefficient (Wildman–Crippen LogP) is 1.21. The van der Waals surface area contributed by atoms with Crippen molar-refractivity contribution in [1.82, 2.24) is 10.3 Å². The van der Waals surface area contributed by atoms with E-state index in [1.54, 1.807) is 19.2 Å². The van der Waals surface area contributed by atoms with Gasteiger partial charge in [0, 0.05) is 6.20 Å². The number of nitrogens with zero attached hydrogens (tertiary/aromatic N) is 1. The lowest BCUT2D eigenvalue weighted by atomic mass is 10.2. The molecule has 1 N–H and O–H groups in total. The largest absolute Gasteiger partial charge is 0.466 e. The summed E-state index contributed by atoms with van der Waals surface area (Å²) in [7, 11) is 0. The highest BCUT2D eigenvalue weighted by Crippen LogP contribution is 2.07. The second-order valence-electron chi connectivity index (χ2n) is 3.53. The van der Waals surface area contributed by atoms with Crippen LogP contribution >= 0.6 is 0 Å². The molecule has 1 unspecified atom stereocenters. The third kappa shape index (κ3) is 4.63. The van der Waals surface area contributed by atoms with E-state index in [2.05, 4.69) is 15.0 Å². The van der Waals surface area contributed by atoms with E-state index < -0.39 is 5.97 Å². The van der Waals surface area contributed by atoms with Crippen molar-refractivity contribution in [3.63, 3.8) is 0 Å². The van der Waals surface area contributed by atoms with Gasteiger partial charge in [-0.1, -0.05) is 6.07 Å². The van der Waals surface area contributed by atoms with Gasteiger partial charge in [-0.2, -0.15) is 0 Å². The van der Waals surface area contributed by atoms with Gasteiger partial charge in [-0.25, -0.2) is 0 Å². The molecule has 92 valence electrons. The Morgan fingerprint density at radius 1 is 1.47 bits per heavy atom. The van der Waals surface area contributed by atoms with Crippen LogP contribution in [0.15, 0.2) is 24.4 Å². The minimum absolute atomic E-state index is 0.224. The van der Waals surface area contributed by atoms with E-state index >= 15 is 0 Å². The summed E-state index contributed by atoms with van der Waals surface area (Å²) in [5.41, 5.74) is 0.754. The third-order valence-electron chi connectivity index (χ3n) is 2.12. The van der Waals surface area contributed by atoms with Crippen LogP contribution in [0.3, 0.4) is 0 Å². The average molecular weight is 236 g/mol. The van der Waals surface area contributed by atoms with Crippen molar-refractivity contribution in [1.29, 1.82) is 0 Å². The van der Waals surface area contributed by atoms with E-state index in [4.69, 9.17) is 0 Å². The van der Waals surface area contributed by atoms with Crippen LogP contribution in [0.2, 0.25) is 0 Å². The second-order valence-corrected chi connectivity index (χ2v) is 3.53. The molecule has 0 saturated heterocycles. The van der Waals surface area contributed by atoms with Gasteiger partial charge < -0.3 is 10.1 Å². The van der Waals surface area contributed by atoms with Crippen molar-refractivity contribution < 1.29 is 14.3 Å². The average Bonchev–Trinajstić information content (AvgIpc) is 2.30. The Morgan fingerprint density at radius 3 is 2.82 bits per heavy atom. The smallest absolute Gasteiger partial charge is 0.315 e. The van der Waals surface area contributed by atoms with Gasteiger partial charge in [0.05, 0.1) is 18.3 Å². The predicted molar refractivity (Wildman–Crippen MR) is 62.0 cm³/mol. The van der Waals surface area contributed by atoms with Crippen LogP contribution < -0.4 is 5.32 Å². The van der Waals surface area contributed by atoms with E-state index in [9.17, 15) is 9.59 Å². The lowest BCUT2D eigenvalue weighted by Crippen LogP contribution is -2.29. The number of carbonyl (C=O) groups is 2. The summed E-state index contributed by atoms with van der Waals surface area (Å²) in [6.07, 6.45) is 1.40. The molecule has 0 radical (unpaired) electrons. The molecule has 0 bridgehead atoms. The van der Waals surface area contributed by atoms with Crippen molar-refractivity contribution >= 4 is 11.9 Å². The minimum atomic E-state index is -0.516. The molecule has 1 atom stereocenters. The van der Waals surface area contributed by atoms with Gasteiger partial charge in [0.25, 0.3) is 0 Å². The second kappa shape index (κ2) is 6.62. The van der Waals surface area contributed by atoms with Crippen molar-refractivity contribution in [2.75, 3.05) is 6.61 Å². The number of esters is 1. The number of hydrogen-bond donors (Lipinski definition) is 1. The van der Waals surface area contributed by atoms with Gasteiger partial charge in [0.1, 0.15) is 6.42 Å². The molecule has 5 heteroatoms. The van der Waals surface area contributed by atoms with Gasteiger partial charge >= 0.3 is 5.97 Å². The number of amides is 1. The summed E-state index contributed by atoms with van der Waals surface area (Å²) >= 11 is 0. The van der Waals surface area contributed by atoms with Crippen LogP contribution in [0.25, 0.3) is 0 Å². The van der Waals surface area contributed by atoms with Crippen molar-refractivity contribution in [3.8, 4) is 0 Å². The molecular weight excluding hydrogens is 220 g/mol. The molecular formula is C12H16N2O3. The monoisotopic (exact) mass is 236 g/mol. The number of aromatic nitrogens is 1. The standard InChI is InChI=1S/C12H16N2O3/c1-3-17-12(16)8-11(15)14-9(2)10-6-4-5-7-13-10/h4-7,9H,3,8H2,1-2H3,(H,14,15). The maximum absolute atomic E-state index is 11.5.